The van der Waals surface area contributed by atoms with Gasteiger partial charge in [0.05, 0.1) is 0 Å². The Hall–Kier alpha value is -1.12. The largest absolute Gasteiger partial charge is 0.417 e. The molecule has 0 amide bonds. The molecule has 2 rings (SSSR count). The van der Waals surface area contributed by atoms with E-state index in [-0.39, 0.29) is 16.7 Å². The molecule has 3 nitrogen and oxygen atoms in total. The summed E-state index contributed by atoms with van der Waals surface area (Å²) in [5.74, 6) is -0.176. The Kier molecular flexibility index (Phi) is 0.220. The van der Waals surface area contributed by atoms with Crippen LogP contribution in [-0.2, 0) is 0 Å². The molecule has 0 N–H and O–H groups in total. The molecule has 0 aromatic heterocycles. The van der Waals surface area contributed by atoms with E-state index in [4.69, 9.17) is 0 Å². The molecule has 0 spiro atoms. The van der Waals surface area contributed by atoms with Gasteiger partial charge in [-0.25, -0.2) is 4.79 Å². The highest BCUT2D eigenvalue weighted by Crippen LogP contribution is 2.29. The van der Waals surface area contributed by atoms with E-state index < -0.39 is 5.97 Å². The first-order chi connectivity index (χ1) is 3.30. The fourth-order valence-electron chi connectivity index (χ4n) is 0.534. The van der Waals surface area contributed by atoms with Gasteiger partial charge in [0.15, 0.2) is 11.3 Å². The Morgan fingerprint density at radius 3 is 2.00 bits per heavy atom. The van der Waals surface area contributed by atoms with Crippen LogP contribution in [0.25, 0.3) is 0 Å². The minimum absolute atomic E-state index is 0.204. The second kappa shape index (κ2) is 0.521. The maximum atomic E-state index is 10.1. The molecule has 34 valence electrons. The van der Waals surface area contributed by atoms with Crippen molar-refractivity contribution in [1.82, 2.24) is 0 Å². The summed E-state index contributed by atoms with van der Waals surface area (Å²) >= 11 is 0. The van der Waals surface area contributed by atoms with Crippen LogP contribution in [0.4, 0.5) is 0 Å². The second-order valence-electron chi connectivity index (χ2n) is 1.42. The van der Waals surface area contributed by atoms with Crippen LogP contribution in [0.3, 0.4) is 0 Å². The molecule has 0 fully saturated rings. The minimum Gasteiger partial charge on any atom is -0.417 e. The fraction of sp³-hybridized carbons (Fsp3) is 0. The third-order valence-corrected chi connectivity index (χ3v) is 0.997. The molecule has 7 heavy (non-hydrogen) atoms. The SMILES string of the molecule is O=C1Oc2c1c2=O. The molecule has 0 atom stereocenters. The Labute approximate surface area is 38.2 Å². The van der Waals surface area contributed by atoms with E-state index in [1.165, 1.54) is 0 Å². The zero-order valence-electron chi connectivity index (χ0n) is 3.22. The van der Waals surface area contributed by atoms with E-state index >= 15 is 0 Å². The number of hydrogen-bond donors (Lipinski definition) is 0. The zero-order valence-corrected chi connectivity index (χ0v) is 3.22. The number of fused-ring (bicyclic) bond motifs is 1. The number of rotatable bonds is 0. The standard InChI is InChI=1S/C4O3/c5-2-1-3(2)7-4(1)6. The van der Waals surface area contributed by atoms with Gasteiger partial charge in [0.2, 0.25) is 5.43 Å². The lowest BCUT2D eigenvalue weighted by atomic mass is 10.5. The van der Waals surface area contributed by atoms with Crippen molar-refractivity contribution in [3.8, 4) is 5.75 Å². The Balaban J connectivity index is 2.74. The van der Waals surface area contributed by atoms with Crippen LogP contribution in [0.5, 0.6) is 5.75 Å². The van der Waals surface area contributed by atoms with E-state index in [9.17, 15) is 9.59 Å². The van der Waals surface area contributed by atoms with Crippen LogP contribution in [0, 0.1) is 0 Å². The normalized spacial score (nSPS) is 15.7. The van der Waals surface area contributed by atoms with Crippen LogP contribution in [0.2, 0.25) is 0 Å². The highest BCUT2D eigenvalue weighted by Gasteiger charge is 2.43. The molecular formula is C4O3. The Morgan fingerprint density at radius 1 is 1.29 bits per heavy atom. The summed E-state index contributed by atoms with van der Waals surface area (Å²) < 4.78 is 4.22. The first-order valence-corrected chi connectivity index (χ1v) is 1.82. The molecule has 0 radical (unpaired) electrons. The lowest BCUT2D eigenvalue weighted by Gasteiger charge is -1.96. The van der Waals surface area contributed by atoms with Gasteiger partial charge in [-0.3, -0.25) is 4.79 Å². The van der Waals surface area contributed by atoms with E-state index in [0.29, 0.717) is 0 Å². The molecule has 0 saturated heterocycles. The monoisotopic (exact) mass is 96.0 g/mol. The third kappa shape index (κ3) is 0.142. The van der Waals surface area contributed by atoms with E-state index in [1.54, 1.807) is 0 Å². The fourth-order valence-corrected chi connectivity index (χ4v) is 0.534. The first kappa shape index (κ1) is 2.96. The predicted octanol–water partition coefficient (Wildman–Crippen LogP) is -0.545. The van der Waals surface area contributed by atoms with Gasteiger partial charge in [0, 0.05) is 0 Å². The zero-order chi connectivity index (χ0) is 5.02. The van der Waals surface area contributed by atoms with Crippen LogP contribution in [-0.4, -0.2) is 5.97 Å². The van der Waals surface area contributed by atoms with E-state index in [2.05, 4.69) is 4.74 Å². The first-order valence-electron chi connectivity index (χ1n) is 1.82. The molecule has 0 bridgehead atoms. The van der Waals surface area contributed by atoms with Crippen molar-refractivity contribution in [3.63, 3.8) is 0 Å². The maximum Gasteiger partial charge on any atom is 0.351 e. The molecule has 0 aliphatic carbocycles. The lowest BCUT2D eigenvalue weighted by molar-refractivity contribution is 0.0692. The highest BCUT2D eigenvalue weighted by atomic mass is 16.6. The summed E-state index contributed by atoms with van der Waals surface area (Å²) in [6.45, 7) is 0. The van der Waals surface area contributed by atoms with Crippen molar-refractivity contribution in [2.75, 3.05) is 0 Å². The van der Waals surface area contributed by atoms with Crippen LogP contribution in [0.1, 0.15) is 10.4 Å². The van der Waals surface area contributed by atoms with Gasteiger partial charge in [0.1, 0.15) is 0 Å². The molecule has 0 unspecified atom stereocenters. The smallest absolute Gasteiger partial charge is 0.351 e. The summed E-state index contributed by atoms with van der Waals surface area (Å²) in [5.41, 5.74) is 0.0741. The summed E-state index contributed by atoms with van der Waals surface area (Å²) in [7, 11) is 0. The topological polar surface area (TPSA) is 43.4 Å². The predicted molar refractivity (Wildman–Crippen MR) is 20.0 cm³/mol. The van der Waals surface area contributed by atoms with Gasteiger partial charge in [-0.2, -0.15) is 0 Å². The number of esters is 1. The number of carbonyl (C=O) groups is 1. The molecular weight excluding hydrogens is 96.0 g/mol. The Morgan fingerprint density at radius 2 is 2.00 bits per heavy atom. The van der Waals surface area contributed by atoms with Crippen LogP contribution < -0.4 is 10.2 Å². The second-order valence-corrected chi connectivity index (χ2v) is 1.42. The molecule has 1 aliphatic heterocycles. The van der Waals surface area contributed by atoms with Crippen molar-refractivity contribution in [2.45, 2.75) is 0 Å². The average Bonchev–Trinajstić information content (AvgIpc) is 2.07. The van der Waals surface area contributed by atoms with Gasteiger partial charge >= 0.3 is 5.97 Å². The summed E-state index contributed by atoms with van der Waals surface area (Å²) in [4.78, 5) is 20.1. The lowest BCUT2D eigenvalue weighted by Crippen LogP contribution is -2.09. The van der Waals surface area contributed by atoms with Crippen molar-refractivity contribution < 1.29 is 9.53 Å². The summed E-state index contributed by atoms with van der Waals surface area (Å²) in [6, 6.07) is 0. The molecule has 1 heterocycles. The maximum absolute atomic E-state index is 10.1. The molecule has 1 aromatic carbocycles. The van der Waals surface area contributed by atoms with Gasteiger partial charge in [0.25, 0.3) is 0 Å². The number of carbonyl (C=O) groups excluding carboxylic acids is 1. The molecule has 3 heteroatoms. The average molecular weight is 96.0 g/mol. The molecule has 0 saturated carbocycles. The van der Waals surface area contributed by atoms with Gasteiger partial charge in [-0.15, -0.1) is 0 Å². The highest BCUT2D eigenvalue weighted by molar-refractivity contribution is 6.07. The van der Waals surface area contributed by atoms with E-state index in [0.717, 1.165) is 0 Å². The van der Waals surface area contributed by atoms with E-state index in [1.807, 2.05) is 0 Å². The molecule has 1 aliphatic rings. The Bertz CT molecular complexity index is 251. The van der Waals surface area contributed by atoms with Gasteiger partial charge < -0.3 is 4.74 Å². The van der Waals surface area contributed by atoms with Crippen molar-refractivity contribution >= 4 is 5.97 Å². The number of ether oxygens (including phenoxy) is 1. The summed E-state index contributed by atoms with van der Waals surface area (Å²) in [6.07, 6.45) is 0. The van der Waals surface area contributed by atoms with Gasteiger partial charge in [-0.1, -0.05) is 0 Å². The van der Waals surface area contributed by atoms with Gasteiger partial charge in [-0.05, 0) is 0 Å². The summed E-state index contributed by atoms with van der Waals surface area (Å²) in [5, 5.41) is 0. The van der Waals surface area contributed by atoms with Crippen LogP contribution >= 0.6 is 0 Å². The van der Waals surface area contributed by atoms with Crippen molar-refractivity contribution in [2.24, 2.45) is 0 Å². The molecule has 1 aromatic rings. The van der Waals surface area contributed by atoms with Crippen molar-refractivity contribution in [3.05, 3.63) is 15.8 Å². The quantitative estimate of drug-likeness (QED) is 0.407. The van der Waals surface area contributed by atoms with Crippen LogP contribution in [0.15, 0.2) is 4.79 Å². The minimum atomic E-state index is -0.458. The van der Waals surface area contributed by atoms with Crippen molar-refractivity contribution in [1.29, 1.82) is 0 Å². The third-order valence-electron chi connectivity index (χ3n) is 0.997. The number of hydrogen-bond acceptors (Lipinski definition) is 3.